The Morgan fingerprint density at radius 2 is 1.89 bits per heavy atom. The lowest BCUT2D eigenvalue weighted by Crippen LogP contribution is -2.03. The van der Waals surface area contributed by atoms with E-state index < -0.39 is 0 Å². The monoisotopic (exact) mass is 235 g/mol. The van der Waals surface area contributed by atoms with Gasteiger partial charge in [-0.25, -0.2) is 0 Å². The number of rotatable bonds is 1. The average Bonchev–Trinajstić information content (AvgIpc) is 2.66. The smallest absolute Gasteiger partial charge is 0.256 e. The summed E-state index contributed by atoms with van der Waals surface area (Å²) in [5, 5.41) is 2.88. The summed E-state index contributed by atoms with van der Waals surface area (Å²) in [6.45, 7) is 2.05. The number of benzene rings is 2. The number of para-hydroxylation sites is 1. The number of carbonyl (C=O) groups is 1. The Labute approximate surface area is 106 Å². The summed E-state index contributed by atoms with van der Waals surface area (Å²) in [4.78, 5) is 11.9. The molecular formula is C16H13NO. The van der Waals surface area contributed by atoms with Crippen LogP contribution in [-0.4, -0.2) is 5.91 Å². The van der Waals surface area contributed by atoms with Gasteiger partial charge in [-0.2, -0.15) is 0 Å². The lowest BCUT2D eigenvalue weighted by atomic mass is 10.0. The SMILES string of the molecule is Cc1cccc(/C=C2\C(=O)Nc3ccccc32)c1. The van der Waals surface area contributed by atoms with Crippen LogP contribution in [0.25, 0.3) is 11.6 Å². The van der Waals surface area contributed by atoms with Crippen LogP contribution in [0.1, 0.15) is 16.7 Å². The third-order valence-corrected chi connectivity index (χ3v) is 3.06. The van der Waals surface area contributed by atoms with Gasteiger partial charge in [0.2, 0.25) is 0 Å². The third-order valence-electron chi connectivity index (χ3n) is 3.06. The van der Waals surface area contributed by atoms with Crippen molar-refractivity contribution < 1.29 is 4.79 Å². The molecule has 3 rings (SSSR count). The Morgan fingerprint density at radius 3 is 2.72 bits per heavy atom. The minimum absolute atomic E-state index is 0.0299. The Hall–Kier alpha value is -2.35. The van der Waals surface area contributed by atoms with Crippen molar-refractivity contribution in [2.24, 2.45) is 0 Å². The second-order valence-electron chi connectivity index (χ2n) is 4.47. The molecule has 0 saturated carbocycles. The van der Waals surface area contributed by atoms with E-state index in [1.807, 2.05) is 55.5 Å². The molecule has 88 valence electrons. The predicted octanol–water partition coefficient (Wildman–Crippen LogP) is 3.49. The van der Waals surface area contributed by atoms with Crippen LogP contribution in [0.2, 0.25) is 0 Å². The summed E-state index contributed by atoms with van der Waals surface area (Å²) in [5.41, 5.74) is 4.84. The average molecular weight is 235 g/mol. The summed E-state index contributed by atoms with van der Waals surface area (Å²) in [6, 6.07) is 15.9. The molecule has 0 atom stereocenters. The first-order chi connectivity index (χ1) is 8.74. The van der Waals surface area contributed by atoms with Gasteiger partial charge in [0.1, 0.15) is 0 Å². The maximum absolute atomic E-state index is 11.9. The fraction of sp³-hybridized carbons (Fsp3) is 0.0625. The lowest BCUT2D eigenvalue weighted by Gasteiger charge is -1.99. The van der Waals surface area contributed by atoms with E-state index in [1.54, 1.807) is 0 Å². The van der Waals surface area contributed by atoms with Gasteiger partial charge in [0.05, 0.1) is 0 Å². The molecule has 0 radical (unpaired) electrons. The van der Waals surface area contributed by atoms with Crippen LogP contribution in [-0.2, 0) is 4.79 Å². The van der Waals surface area contributed by atoms with Crippen LogP contribution in [0.4, 0.5) is 5.69 Å². The Morgan fingerprint density at radius 1 is 1.06 bits per heavy atom. The molecule has 0 saturated heterocycles. The second kappa shape index (κ2) is 4.15. The van der Waals surface area contributed by atoms with Crippen molar-refractivity contribution in [3.63, 3.8) is 0 Å². The number of hydrogen-bond acceptors (Lipinski definition) is 1. The van der Waals surface area contributed by atoms with E-state index in [4.69, 9.17) is 0 Å². The van der Waals surface area contributed by atoms with Gasteiger partial charge in [-0.3, -0.25) is 4.79 Å². The normalized spacial score (nSPS) is 15.6. The van der Waals surface area contributed by atoms with Crippen LogP contribution < -0.4 is 5.32 Å². The maximum Gasteiger partial charge on any atom is 0.256 e. The van der Waals surface area contributed by atoms with Crippen LogP contribution in [0.3, 0.4) is 0 Å². The van der Waals surface area contributed by atoms with E-state index in [2.05, 4.69) is 11.4 Å². The first-order valence-electron chi connectivity index (χ1n) is 5.93. The summed E-state index contributed by atoms with van der Waals surface area (Å²) in [6.07, 6.45) is 1.94. The van der Waals surface area contributed by atoms with Gasteiger partial charge in [-0.15, -0.1) is 0 Å². The second-order valence-corrected chi connectivity index (χ2v) is 4.47. The largest absolute Gasteiger partial charge is 0.321 e. The molecule has 0 bridgehead atoms. The van der Waals surface area contributed by atoms with Gasteiger partial charge in [0.25, 0.3) is 5.91 Å². The van der Waals surface area contributed by atoms with Gasteiger partial charge in [0, 0.05) is 16.8 Å². The topological polar surface area (TPSA) is 29.1 Å². The number of anilines is 1. The quantitative estimate of drug-likeness (QED) is 0.753. The van der Waals surface area contributed by atoms with Crippen molar-refractivity contribution in [2.75, 3.05) is 5.32 Å². The molecule has 1 amide bonds. The maximum atomic E-state index is 11.9. The molecule has 0 aromatic heterocycles. The Bertz CT molecular complexity index is 656. The van der Waals surface area contributed by atoms with Crippen molar-refractivity contribution in [3.8, 4) is 0 Å². The van der Waals surface area contributed by atoms with E-state index in [0.717, 1.165) is 22.4 Å². The van der Waals surface area contributed by atoms with Crippen molar-refractivity contribution in [1.29, 1.82) is 0 Å². The van der Waals surface area contributed by atoms with E-state index in [0.29, 0.717) is 0 Å². The number of hydrogen-bond donors (Lipinski definition) is 1. The number of aryl methyl sites for hydroxylation is 1. The minimum Gasteiger partial charge on any atom is -0.321 e. The molecule has 1 aliphatic heterocycles. The molecule has 2 aromatic rings. The molecule has 1 N–H and O–H groups in total. The van der Waals surface area contributed by atoms with Gasteiger partial charge < -0.3 is 5.32 Å². The molecule has 1 aliphatic rings. The zero-order valence-corrected chi connectivity index (χ0v) is 10.1. The lowest BCUT2D eigenvalue weighted by molar-refractivity contribution is -0.110. The van der Waals surface area contributed by atoms with E-state index in [1.165, 1.54) is 5.56 Å². The molecule has 0 aliphatic carbocycles. The standard InChI is InChI=1S/C16H13NO/c1-11-5-4-6-12(9-11)10-14-13-7-2-3-8-15(13)17-16(14)18/h2-10H,1H3,(H,17,18)/b14-10-. The number of fused-ring (bicyclic) bond motifs is 1. The summed E-state index contributed by atoms with van der Waals surface area (Å²) >= 11 is 0. The molecule has 18 heavy (non-hydrogen) atoms. The third kappa shape index (κ3) is 1.82. The molecule has 0 unspecified atom stereocenters. The van der Waals surface area contributed by atoms with Crippen molar-refractivity contribution >= 4 is 23.2 Å². The van der Waals surface area contributed by atoms with Gasteiger partial charge in [-0.05, 0) is 24.6 Å². The van der Waals surface area contributed by atoms with Crippen molar-refractivity contribution in [2.45, 2.75) is 6.92 Å². The van der Waals surface area contributed by atoms with Crippen molar-refractivity contribution in [1.82, 2.24) is 0 Å². The molecular weight excluding hydrogens is 222 g/mol. The highest BCUT2D eigenvalue weighted by Crippen LogP contribution is 2.32. The van der Waals surface area contributed by atoms with Crippen LogP contribution >= 0.6 is 0 Å². The molecule has 1 heterocycles. The summed E-state index contributed by atoms with van der Waals surface area (Å²) < 4.78 is 0. The number of carbonyl (C=O) groups excluding carboxylic acids is 1. The van der Waals surface area contributed by atoms with E-state index in [-0.39, 0.29) is 5.91 Å². The molecule has 2 aromatic carbocycles. The van der Waals surface area contributed by atoms with Crippen LogP contribution in [0.15, 0.2) is 48.5 Å². The van der Waals surface area contributed by atoms with E-state index >= 15 is 0 Å². The zero-order valence-electron chi connectivity index (χ0n) is 10.1. The van der Waals surface area contributed by atoms with Crippen LogP contribution in [0.5, 0.6) is 0 Å². The summed E-state index contributed by atoms with van der Waals surface area (Å²) in [7, 11) is 0. The number of amides is 1. The molecule has 2 heteroatoms. The van der Waals surface area contributed by atoms with E-state index in [9.17, 15) is 4.79 Å². The molecule has 2 nitrogen and oxygen atoms in total. The highest BCUT2D eigenvalue weighted by molar-refractivity contribution is 6.34. The molecule has 0 fully saturated rings. The first-order valence-corrected chi connectivity index (χ1v) is 5.93. The van der Waals surface area contributed by atoms with Gasteiger partial charge in [0.15, 0.2) is 0 Å². The van der Waals surface area contributed by atoms with Gasteiger partial charge in [-0.1, -0.05) is 48.0 Å². The highest BCUT2D eigenvalue weighted by Gasteiger charge is 2.22. The zero-order chi connectivity index (χ0) is 12.5. The molecule has 0 spiro atoms. The fourth-order valence-corrected chi connectivity index (χ4v) is 2.21. The van der Waals surface area contributed by atoms with Crippen molar-refractivity contribution in [3.05, 3.63) is 65.2 Å². The van der Waals surface area contributed by atoms with Crippen LogP contribution in [0, 0.1) is 6.92 Å². The predicted molar refractivity (Wildman–Crippen MR) is 74.1 cm³/mol. The highest BCUT2D eigenvalue weighted by atomic mass is 16.1. The number of nitrogens with one attached hydrogen (secondary N) is 1. The minimum atomic E-state index is -0.0299. The Balaban J connectivity index is 2.10. The first kappa shape index (κ1) is 10.8. The summed E-state index contributed by atoms with van der Waals surface area (Å²) in [5.74, 6) is -0.0299. The fourth-order valence-electron chi connectivity index (χ4n) is 2.21. The Kier molecular flexibility index (Phi) is 2.49. The van der Waals surface area contributed by atoms with Gasteiger partial charge >= 0.3 is 0 Å².